The smallest absolute Gasteiger partial charge is 0.196 e. The van der Waals surface area contributed by atoms with Crippen molar-refractivity contribution in [2.24, 2.45) is 0 Å². The molecular formula is C16H13F3O. The zero-order valence-corrected chi connectivity index (χ0v) is 11.4. The van der Waals surface area contributed by atoms with Crippen molar-refractivity contribution in [2.75, 3.05) is 0 Å². The van der Waals surface area contributed by atoms with Crippen LogP contribution in [0.4, 0.5) is 13.2 Å². The predicted molar refractivity (Wildman–Crippen MR) is 70.4 cm³/mol. The Hall–Kier alpha value is -2.10. The third kappa shape index (κ3) is 2.33. The highest BCUT2D eigenvalue weighted by Crippen LogP contribution is 2.23. The highest BCUT2D eigenvalue weighted by atomic mass is 19.2. The van der Waals surface area contributed by atoms with Gasteiger partial charge in [-0.05, 0) is 44.0 Å². The quantitative estimate of drug-likeness (QED) is 0.592. The second-order valence-electron chi connectivity index (χ2n) is 4.83. The molecule has 0 heterocycles. The molecule has 0 aliphatic rings. The Labute approximate surface area is 115 Å². The fraction of sp³-hybridized carbons (Fsp3) is 0.188. The van der Waals surface area contributed by atoms with E-state index in [0.29, 0.717) is 16.7 Å². The SMILES string of the molecule is Cc1cc(C)c(C(=O)c2ccc(F)c(F)c2F)c(C)c1. The summed E-state index contributed by atoms with van der Waals surface area (Å²) in [6, 6.07) is 5.30. The molecule has 0 saturated heterocycles. The molecule has 0 aromatic heterocycles. The fourth-order valence-corrected chi connectivity index (χ4v) is 2.37. The van der Waals surface area contributed by atoms with E-state index in [1.54, 1.807) is 26.0 Å². The van der Waals surface area contributed by atoms with Crippen LogP contribution in [0.3, 0.4) is 0 Å². The predicted octanol–water partition coefficient (Wildman–Crippen LogP) is 4.26. The summed E-state index contributed by atoms with van der Waals surface area (Å²) in [4.78, 5) is 12.4. The number of hydrogen-bond acceptors (Lipinski definition) is 1. The minimum atomic E-state index is -1.63. The van der Waals surface area contributed by atoms with Gasteiger partial charge in [-0.3, -0.25) is 4.79 Å². The summed E-state index contributed by atoms with van der Waals surface area (Å²) in [6.07, 6.45) is 0. The lowest BCUT2D eigenvalue weighted by molar-refractivity contribution is 0.103. The summed E-state index contributed by atoms with van der Waals surface area (Å²) < 4.78 is 39.8. The van der Waals surface area contributed by atoms with Gasteiger partial charge in [-0.25, -0.2) is 13.2 Å². The first-order chi connectivity index (χ1) is 9.32. The van der Waals surface area contributed by atoms with Gasteiger partial charge in [0.15, 0.2) is 23.2 Å². The Morgan fingerprint density at radius 1 is 0.900 bits per heavy atom. The standard InChI is InChI=1S/C16H13F3O/c1-8-6-9(2)13(10(3)7-8)16(20)11-4-5-12(17)15(19)14(11)18/h4-7H,1-3H3. The summed E-state index contributed by atoms with van der Waals surface area (Å²) in [7, 11) is 0. The summed E-state index contributed by atoms with van der Waals surface area (Å²) in [5.41, 5.74) is 2.19. The lowest BCUT2D eigenvalue weighted by Crippen LogP contribution is -2.10. The lowest BCUT2D eigenvalue weighted by atomic mass is 9.93. The molecule has 0 unspecified atom stereocenters. The molecule has 0 aliphatic carbocycles. The number of halogens is 3. The molecule has 0 bridgehead atoms. The molecular weight excluding hydrogens is 265 g/mol. The molecule has 0 radical (unpaired) electrons. The van der Waals surface area contributed by atoms with E-state index in [9.17, 15) is 18.0 Å². The highest BCUT2D eigenvalue weighted by Gasteiger charge is 2.22. The van der Waals surface area contributed by atoms with Gasteiger partial charge in [0.2, 0.25) is 0 Å². The second kappa shape index (κ2) is 5.12. The Kier molecular flexibility index (Phi) is 3.66. The highest BCUT2D eigenvalue weighted by molar-refractivity contribution is 6.11. The minimum Gasteiger partial charge on any atom is -0.288 e. The topological polar surface area (TPSA) is 17.1 Å². The van der Waals surface area contributed by atoms with Crippen LogP contribution in [0, 0.1) is 38.2 Å². The minimum absolute atomic E-state index is 0.320. The molecule has 0 fully saturated rings. The van der Waals surface area contributed by atoms with Gasteiger partial charge in [-0.15, -0.1) is 0 Å². The number of aryl methyl sites for hydroxylation is 3. The summed E-state index contributed by atoms with van der Waals surface area (Å²) >= 11 is 0. The van der Waals surface area contributed by atoms with Crippen LogP contribution >= 0.6 is 0 Å². The van der Waals surface area contributed by atoms with Gasteiger partial charge in [0.05, 0.1) is 5.56 Å². The van der Waals surface area contributed by atoms with Crippen LogP contribution < -0.4 is 0 Å². The Morgan fingerprint density at radius 3 is 2.00 bits per heavy atom. The van der Waals surface area contributed by atoms with Crippen molar-refractivity contribution < 1.29 is 18.0 Å². The van der Waals surface area contributed by atoms with Crippen molar-refractivity contribution in [3.63, 3.8) is 0 Å². The first-order valence-corrected chi connectivity index (χ1v) is 6.09. The molecule has 4 heteroatoms. The molecule has 104 valence electrons. The van der Waals surface area contributed by atoms with Gasteiger partial charge in [0.25, 0.3) is 0 Å². The first kappa shape index (κ1) is 14.3. The van der Waals surface area contributed by atoms with E-state index >= 15 is 0 Å². The molecule has 0 amide bonds. The maximum Gasteiger partial charge on any atom is 0.196 e. The molecule has 2 aromatic carbocycles. The Morgan fingerprint density at radius 2 is 1.45 bits per heavy atom. The first-order valence-electron chi connectivity index (χ1n) is 6.09. The fourth-order valence-electron chi connectivity index (χ4n) is 2.37. The molecule has 0 spiro atoms. The van der Waals surface area contributed by atoms with Crippen LogP contribution in [-0.2, 0) is 0 Å². The van der Waals surface area contributed by atoms with E-state index in [2.05, 4.69) is 0 Å². The van der Waals surface area contributed by atoms with Crippen LogP contribution in [-0.4, -0.2) is 5.78 Å². The Bertz CT molecular complexity index is 682. The zero-order valence-electron chi connectivity index (χ0n) is 11.4. The molecule has 2 rings (SSSR count). The molecule has 0 saturated carbocycles. The lowest BCUT2D eigenvalue weighted by Gasteiger charge is -2.11. The van der Waals surface area contributed by atoms with Gasteiger partial charge < -0.3 is 0 Å². The van der Waals surface area contributed by atoms with Crippen molar-refractivity contribution in [1.29, 1.82) is 0 Å². The summed E-state index contributed by atoms with van der Waals surface area (Å²) in [5, 5.41) is 0. The van der Waals surface area contributed by atoms with E-state index in [1.807, 2.05) is 6.92 Å². The maximum atomic E-state index is 13.7. The monoisotopic (exact) mass is 278 g/mol. The van der Waals surface area contributed by atoms with E-state index < -0.39 is 28.8 Å². The number of hydrogen-bond donors (Lipinski definition) is 0. The van der Waals surface area contributed by atoms with Crippen molar-refractivity contribution in [1.82, 2.24) is 0 Å². The van der Waals surface area contributed by atoms with Gasteiger partial charge in [0.1, 0.15) is 0 Å². The van der Waals surface area contributed by atoms with Gasteiger partial charge in [-0.2, -0.15) is 0 Å². The number of carbonyl (C=O) groups excluding carboxylic acids is 1. The maximum absolute atomic E-state index is 13.7. The van der Waals surface area contributed by atoms with E-state index in [1.165, 1.54) is 0 Å². The number of rotatable bonds is 2. The van der Waals surface area contributed by atoms with Crippen molar-refractivity contribution in [2.45, 2.75) is 20.8 Å². The van der Waals surface area contributed by atoms with E-state index in [-0.39, 0.29) is 0 Å². The molecule has 20 heavy (non-hydrogen) atoms. The summed E-state index contributed by atoms with van der Waals surface area (Å²) in [5.74, 6) is -5.03. The number of ketones is 1. The van der Waals surface area contributed by atoms with Crippen LogP contribution in [0.1, 0.15) is 32.6 Å². The van der Waals surface area contributed by atoms with Gasteiger partial charge in [-0.1, -0.05) is 17.7 Å². The molecule has 0 aliphatic heterocycles. The van der Waals surface area contributed by atoms with E-state index in [4.69, 9.17) is 0 Å². The molecule has 1 nitrogen and oxygen atoms in total. The van der Waals surface area contributed by atoms with Gasteiger partial charge >= 0.3 is 0 Å². The molecule has 2 aromatic rings. The van der Waals surface area contributed by atoms with Crippen LogP contribution in [0.2, 0.25) is 0 Å². The van der Waals surface area contributed by atoms with Crippen LogP contribution in [0.15, 0.2) is 24.3 Å². The van der Waals surface area contributed by atoms with E-state index in [0.717, 1.165) is 17.7 Å². The van der Waals surface area contributed by atoms with Crippen LogP contribution in [0.5, 0.6) is 0 Å². The normalized spacial score (nSPS) is 10.7. The number of benzene rings is 2. The second-order valence-corrected chi connectivity index (χ2v) is 4.83. The van der Waals surface area contributed by atoms with Crippen LogP contribution in [0.25, 0.3) is 0 Å². The number of carbonyl (C=O) groups is 1. The third-order valence-electron chi connectivity index (χ3n) is 3.18. The van der Waals surface area contributed by atoms with Gasteiger partial charge in [0, 0.05) is 5.56 Å². The molecule has 0 atom stereocenters. The average Bonchev–Trinajstić information content (AvgIpc) is 2.34. The molecule has 0 N–H and O–H groups in total. The summed E-state index contributed by atoms with van der Waals surface area (Å²) in [6.45, 7) is 5.34. The van der Waals surface area contributed by atoms with Crippen molar-refractivity contribution >= 4 is 5.78 Å². The van der Waals surface area contributed by atoms with Crippen molar-refractivity contribution in [3.05, 3.63) is 69.5 Å². The Balaban J connectivity index is 2.61. The zero-order chi connectivity index (χ0) is 15.0. The van der Waals surface area contributed by atoms with Crippen molar-refractivity contribution in [3.8, 4) is 0 Å². The average molecular weight is 278 g/mol. The third-order valence-corrected chi connectivity index (χ3v) is 3.18. The largest absolute Gasteiger partial charge is 0.288 e.